The number of hydrogen-bond acceptors (Lipinski definition) is 8. The minimum absolute atomic E-state index is 0.0343. The van der Waals surface area contributed by atoms with Crippen LogP contribution in [0.5, 0.6) is 0 Å². The Labute approximate surface area is 181 Å². The lowest BCUT2D eigenvalue weighted by molar-refractivity contribution is -0.152. The SMILES string of the molecule is CC[C@H](C)N(C(=O)COC(=O)CN=C1NS(=O)(=O)c2ccccc21)[C@H]1CCS(=O)(=O)C1. The van der Waals surface area contributed by atoms with Gasteiger partial charge in [0.15, 0.2) is 16.4 Å². The van der Waals surface area contributed by atoms with Crippen LogP contribution in [0.3, 0.4) is 0 Å². The molecule has 170 valence electrons. The molecule has 0 spiro atoms. The predicted molar refractivity (Wildman–Crippen MR) is 113 cm³/mol. The van der Waals surface area contributed by atoms with E-state index in [1.807, 2.05) is 13.8 Å². The highest BCUT2D eigenvalue weighted by Crippen LogP contribution is 2.23. The van der Waals surface area contributed by atoms with Crippen LogP contribution in [0.15, 0.2) is 34.2 Å². The minimum atomic E-state index is -3.71. The first-order chi connectivity index (χ1) is 14.5. The number of nitrogens with zero attached hydrogens (tertiary/aromatic N) is 2. The smallest absolute Gasteiger partial charge is 0.328 e. The van der Waals surface area contributed by atoms with Crippen molar-refractivity contribution < 1.29 is 31.2 Å². The van der Waals surface area contributed by atoms with E-state index in [9.17, 15) is 26.4 Å². The molecular weight excluding hydrogens is 446 g/mol. The number of carbonyl (C=O) groups excluding carboxylic acids is 2. The molecule has 10 nitrogen and oxygen atoms in total. The molecule has 2 aliphatic rings. The van der Waals surface area contributed by atoms with Gasteiger partial charge in [-0.1, -0.05) is 19.1 Å². The summed E-state index contributed by atoms with van der Waals surface area (Å²) >= 11 is 0. The highest BCUT2D eigenvalue weighted by molar-refractivity contribution is 7.91. The Bertz CT molecular complexity index is 1110. The third-order valence-electron chi connectivity index (χ3n) is 5.34. The number of hydrogen-bond donors (Lipinski definition) is 1. The fourth-order valence-corrected chi connectivity index (χ4v) is 6.62. The minimum Gasteiger partial charge on any atom is -0.454 e. The Morgan fingerprint density at radius 2 is 1.97 bits per heavy atom. The number of ether oxygens (including phenoxy) is 1. The van der Waals surface area contributed by atoms with E-state index in [-0.39, 0.29) is 28.3 Å². The molecule has 1 N–H and O–H groups in total. The molecule has 1 amide bonds. The average Bonchev–Trinajstić information content (AvgIpc) is 3.20. The zero-order valence-electron chi connectivity index (χ0n) is 17.3. The average molecular weight is 472 g/mol. The number of amides is 1. The van der Waals surface area contributed by atoms with Crippen LogP contribution in [0.2, 0.25) is 0 Å². The van der Waals surface area contributed by atoms with Crippen molar-refractivity contribution in [2.45, 2.75) is 43.7 Å². The van der Waals surface area contributed by atoms with Gasteiger partial charge in [0.2, 0.25) is 0 Å². The molecule has 1 saturated heterocycles. The van der Waals surface area contributed by atoms with E-state index in [1.54, 1.807) is 18.2 Å². The summed E-state index contributed by atoms with van der Waals surface area (Å²) in [5.74, 6) is -1.29. The van der Waals surface area contributed by atoms with Crippen LogP contribution in [-0.4, -0.2) is 76.2 Å². The van der Waals surface area contributed by atoms with Gasteiger partial charge in [-0.3, -0.25) is 19.3 Å². The van der Waals surface area contributed by atoms with Gasteiger partial charge < -0.3 is 9.64 Å². The van der Waals surface area contributed by atoms with Crippen LogP contribution < -0.4 is 4.72 Å². The Balaban J connectivity index is 1.61. The number of aliphatic imine (C=N–C) groups is 1. The molecule has 2 heterocycles. The Morgan fingerprint density at radius 1 is 1.26 bits per heavy atom. The Morgan fingerprint density at radius 3 is 2.61 bits per heavy atom. The monoisotopic (exact) mass is 471 g/mol. The van der Waals surface area contributed by atoms with Crippen molar-refractivity contribution in [1.29, 1.82) is 0 Å². The second-order valence-corrected chi connectivity index (χ2v) is 11.4. The second-order valence-electron chi connectivity index (χ2n) is 7.54. The third-order valence-corrected chi connectivity index (χ3v) is 8.49. The van der Waals surface area contributed by atoms with Gasteiger partial charge in [0.1, 0.15) is 12.4 Å². The summed E-state index contributed by atoms with van der Waals surface area (Å²) in [6.45, 7) is 2.70. The van der Waals surface area contributed by atoms with Crippen LogP contribution in [0.1, 0.15) is 32.3 Å². The summed E-state index contributed by atoms with van der Waals surface area (Å²) in [5.41, 5.74) is 0.358. The fourth-order valence-electron chi connectivity index (χ4n) is 3.66. The first-order valence-corrected chi connectivity index (χ1v) is 13.2. The number of amidine groups is 1. The van der Waals surface area contributed by atoms with E-state index < -0.39 is 50.9 Å². The number of carbonyl (C=O) groups is 2. The highest BCUT2D eigenvalue weighted by Gasteiger charge is 2.37. The molecule has 2 atom stereocenters. The quantitative estimate of drug-likeness (QED) is 0.556. The van der Waals surface area contributed by atoms with Crippen molar-refractivity contribution in [3.8, 4) is 0 Å². The summed E-state index contributed by atoms with van der Waals surface area (Å²) in [6.07, 6.45) is 0.989. The van der Waals surface area contributed by atoms with Crippen molar-refractivity contribution in [3.05, 3.63) is 29.8 Å². The predicted octanol–water partition coefficient (Wildman–Crippen LogP) is 0.0825. The fraction of sp³-hybridized carbons (Fsp3) is 0.526. The number of fused-ring (bicyclic) bond motifs is 1. The van der Waals surface area contributed by atoms with E-state index >= 15 is 0 Å². The number of benzene rings is 1. The molecule has 12 heteroatoms. The van der Waals surface area contributed by atoms with Gasteiger partial charge in [-0.2, -0.15) is 0 Å². The summed E-state index contributed by atoms with van der Waals surface area (Å²) < 4.78 is 55.0. The Hall–Kier alpha value is -2.47. The van der Waals surface area contributed by atoms with Crippen LogP contribution in [0, 0.1) is 0 Å². The highest BCUT2D eigenvalue weighted by atomic mass is 32.2. The van der Waals surface area contributed by atoms with Gasteiger partial charge in [0, 0.05) is 17.6 Å². The van der Waals surface area contributed by atoms with Gasteiger partial charge in [0.05, 0.1) is 16.4 Å². The van der Waals surface area contributed by atoms with Crippen molar-refractivity contribution in [1.82, 2.24) is 9.62 Å². The van der Waals surface area contributed by atoms with Crippen LogP contribution in [-0.2, 0) is 34.2 Å². The summed E-state index contributed by atoms with van der Waals surface area (Å²) in [4.78, 5) is 30.3. The number of nitrogens with one attached hydrogen (secondary N) is 1. The first-order valence-electron chi connectivity index (χ1n) is 9.88. The van der Waals surface area contributed by atoms with Gasteiger partial charge in [-0.15, -0.1) is 0 Å². The number of sulfonamides is 1. The normalized spacial score (nSPS) is 23.0. The first kappa shape index (κ1) is 23.2. The van der Waals surface area contributed by atoms with Crippen molar-refractivity contribution in [2.75, 3.05) is 24.7 Å². The summed E-state index contributed by atoms with van der Waals surface area (Å²) in [5, 5.41) is 0. The molecule has 0 aromatic heterocycles. The zero-order valence-corrected chi connectivity index (χ0v) is 18.9. The molecule has 0 aliphatic carbocycles. The number of rotatable bonds is 7. The molecule has 0 unspecified atom stereocenters. The molecule has 0 bridgehead atoms. The lowest BCUT2D eigenvalue weighted by Gasteiger charge is -2.33. The van der Waals surface area contributed by atoms with Crippen LogP contribution >= 0.6 is 0 Å². The standard InChI is InChI=1S/C19H25N3O7S2/c1-3-13(2)22(14-8-9-30(25,26)12-14)17(23)11-29-18(24)10-20-19-15-6-4-5-7-16(15)31(27,28)21-19/h4-7,13-14H,3,8-12H2,1-2H3,(H,20,21)/t13-,14-/m0/s1. The summed E-state index contributed by atoms with van der Waals surface area (Å²) in [6, 6.07) is 5.61. The molecule has 0 radical (unpaired) electrons. The molecule has 1 aromatic carbocycles. The maximum atomic E-state index is 12.7. The van der Waals surface area contributed by atoms with Crippen LogP contribution in [0.4, 0.5) is 0 Å². The zero-order chi connectivity index (χ0) is 22.8. The lowest BCUT2D eigenvalue weighted by Crippen LogP contribution is -2.48. The van der Waals surface area contributed by atoms with Crippen molar-refractivity contribution in [2.24, 2.45) is 4.99 Å². The van der Waals surface area contributed by atoms with Gasteiger partial charge in [-0.25, -0.2) is 16.8 Å². The van der Waals surface area contributed by atoms with E-state index in [4.69, 9.17) is 4.74 Å². The molecule has 0 saturated carbocycles. The summed E-state index contributed by atoms with van der Waals surface area (Å²) in [7, 11) is -6.89. The van der Waals surface area contributed by atoms with E-state index in [2.05, 4.69) is 9.71 Å². The molecule has 31 heavy (non-hydrogen) atoms. The van der Waals surface area contributed by atoms with Crippen molar-refractivity contribution >= 4 is 37.6 Å². The Kier molecular flexibility index (Phi) is 6.70. The molecule has 2 aliphatic heterocycles. The molecular formula is C19H25N3O7S2. The molecule has 1 aromatic rings. The number of esters is 1. The van der Waals surface area contributed by atoms with E-state index in [0.29, 0.717) is 18.4 Å². The van der Waals surface area contributed by atoms with Gasteiger partial charge in [0.25, 0.3) is 15.9 Å². The molecule has 1 fully saturated rings. The number of sulfone groups is 1. The lowest BCUT2D eigenvalue weighted by atomic mass is 10.1. The van der Waals surface area contributed by atoms with Crippen LogP contribution in [0.25, 0.3) is 0 Å². The maximum absolute atomic E-state index is 12.7. The molecule has 3 rings (SSSR count). The van der Waals surface area contributed by atoms with Gasteiger partial charge in [-0.05, 0) is 31.9 Å². The maximum Gasteiger partial charge on any atom is 0.328 e. The topological polar surface area (TPSA) is 139 Å². The largest absolute Gasteiger partial charge is 0.454 e. The van der Waals surface area contributed by atoms with Crippen molar-refractivity contribution in [3.63, 3.8) is 0 Å². The third kappa shape index (κ3) is 5.24. The van der Waals surface area contributed by atoms with E-state index in [1.165, 1.54) is 11.0 Å². The van der Waals surface area contributed by atoms with Gasteiger partial charge >= 0.3 is 5.97 Å². The second kappa shape index (κ2) is 8.95. The van der Waals surface area contributed by atoms with E-state index in [0.717, 1.165) is 0 Å².